The third-order valence-corrected chi connectivity index (χ3v) is 3.77. The summed E-state index contributed by atoms with van der Waals surface area (Å²) >= 11 is 0. The highest BCUT2D eigenvalue weighted by Gasteiger charge is 2.34. The second kappa shape index (κ2) is 4.42. The van der Waals surface area contributed by atoms with Crippen LogP contribution >= 0.6 is 0 Å². The van der Waals surface area contributed by atoms with Gasteiger partial charge in [0.15, 0.2) is 0 Å². The fourth-order valence-corrected chi connectivity index (χ4v) is 2.80. The van der Waals surface area contributed by atoms with Gasteiger partial charge in [-0.25, -0.2) is 4.79 Å². The van der Waals surface area contributed by atoms with Crippen molar-refractivity contribution >= 4 is 6.09 Å². The van der Waals surface area contributed by atoms with E-state index in [1.807, 2.05) is 17.1 Å². The van der Waals surface area contributed by atoms with Crippen molar-refractivity contribution < 1.29 is 14.6 Å². The lowest BCUT2D eigenvalue weighted by molar-refractivity contribution is 0.171. The highest BCUT2D eigenvalue weighted by molar-refractivity contribution is 5.68. The average Bonchev–Trinajstić information content (AvgIpc) is 2.67. The van der Waals surface area contributed by atoms with Gasteiger partial charge in [0.25, 0.3) is 0 Å². The molecule has 7 heteroatoms. The number of ether oxygens (including phenoxy) is 1. The van der Waals surface area contributed by atoms with Gasteiger partial charge in [0.05, 0.1) is 24.0 Å². The predicted octanol–water partition coefficient (Wildman–Crippen LogP) is 0.809. The topological polar surface area (TPSA) is 77.1 Å². The molecule has 0 spiro atoms. The Balaban J connectivity index is 1.80. The molecule has 4 rings (SSSR count). The minimum atomic E-state index is -1.02. The molecule has 1 unspecified atom stereocenters. The van der Waals surface area contributed by atoms with Crippen LogP contribution in [0.2, 0.25) is 0 Å². The lowest BCUT2D eigenvalue weighted by atomic mass is 9.98. The smallest absolute Gasteiger partial charge is 0.415 e. The van der Waals surface area contributed by atoms with Crippen molar-refractivity contribution in [1.29, 1.82) is 0 Å². The van der Waals surface area contributed by atoms with Crippen molar-refractivity contribution in [2.75, 3.05) is 13.3 Å². The van der Waals surface area contributed by atoms with Crippen molar-refractivity contribution in [2.24, 2.45) is 0 Å². The molecule has 0 bridgehead atoms. The summed E-state index contributed by atoms with van der Waals surface area (Å²) in [4.78, 5) is 14.2. The Bertz CT molecular complexity index is 659. The number of amides is 1. The molecule has 3 aliphatic heterocycles. The molecule has 0 saturated carbocycles. The van der Waals surface area contributed by atoms with Crippen molar-refractivity contribution in [3.05, 3.63) is 59.7 Å². The first-order chi connectivity index (χ1) is 10.2. The molecule has 0 aromatic heterocycles. The Morgan fingerprint density at radius 2 is 2.33 bits per heavy atom. The number of allylic oxidation sites excluding steroid dienone is 2. The number of carboxylic acid groups (broad SMARTS) is 1. The lowest BCUT2D eigenvalue weighted by Crippen LogP contribution is -2.47. The van der Waals surface area contributed by atoms with Gasteiger partial charge in [-0.05, 0) is 6.08 Å². The van der Waals surface area contributed by atoms with Crippen LogP contribution in [0.3, 0.4) is 0 Å². The fraction of sp³-hybridized carbons (Fsp3) is 0.214. The minimum absolute atomic E-state index is 0.103. The van der Waals surface area contributed by atoms with Gasteiger partial charge in [-0.1, -0.05) is 12.2 Å². The monoisotopic (exact) mass is 286 g/mol. The second-order valence-electron chi connectivity index (χ2n) is 4.98. The number of carbonyl (C=O) groups is 1. The zero-order valence-electron chi connectivity index (χ0n) is 11.1. The highest BCUT2D eigenvalue weighted by Crippen LogP contribution is 2.33. The number of hydrogen-bond acceptors (Lipinski definition) is 5. The van der Waals surface area contributed by atoms with Crippen molar-refractivity contribution in [2.45, 2.75) is 6.04 Å². The summed E-state index contributed by atoms with van der Waals surface area (Å²) in [6.07, 6.45) is 9.79. The maximum absolute atomic E-state index is 11.1. The van der Waals surface area contributed by atoms with Crippen LogP contribution in [0, 0.1) is 0 Å². The number of fused-ring (bicyclic) bond motifs is 2. The largest absolute Gasteiger partial charge is 0.487 e. The molecular formula is C14H14N4O3. The van der Waals surface area contributed by atoms with Crippen molar-refractivity contribution in [3.8, 4) is 0 Å². The Morgan fingerprint density at radius 3 is 3.19 bits per heavy atom. The van der Waals surface area contributed by atoms with E-state index in [2.05, 4.69) is 16.7 Å². The van der Waals surface area contributed by atoms with E-state index in [9.17, 15) is 4.79 Å². The molecule has 0 aromatic rings. The lowest BCUT2D eigenvalue weighted by Gasteiger charge is -2.35. The van der Waals surface area contributed by atoms with E-state index in [1.54, 1.807) is 12.4 Å². The normalized spacial score (nSPS) is 26.0. The first-order valence-corrected chi connectivity index (χ1v) is 6.66. The van der Waals surface area contributed by atoms with Crippen LogP contribution in [0.1, 0.15) is 0 Å². The highest BCUT2D eigenvalue weighted by atomic mass is 16.5. The summed E-state index contributed by atoms with van der Waals surface area (Å²) in [6, 6.07) is 0.103. The van der Waals surface area contributed by atoms with E-state index in [4.69, 9.17) is 9.84 Å². The maximum atomic E-state index is 11.1. The second-order valence-corrected chi connectivity index (χ2v) is 4.98. The molecule has 0 fully saturated rings. The van der Waals surface area contributed by atoms with E-state index in [1.165, 1.54) is 6.20 Å². The third kappa shape index (κ3) is 1.82. The van der Waals surface area contributed by atoms with Gasteiger partial charge in [-0.3, -0.25) is 10.2 Å². The summed E-state index contributed by atoms with van der Waals surface area (Å²) in [5.74, 6) is 1.74. The van der Waals surface area contributed by atoms with Crippen LogP contribution in [0.25, 0.3) is 0 Å². The van der Waals surface area contributed by atoms with E-state index in [0.717, 1.165) is 27.8 Å². The number of nitrogens with zero attached hydrogens (tertiary/aromatic N) is 2. The van der Waals surface area contributed by atoms with Crippen LogP contribution in [0.5, 0.6) is 0 Å². The zero-order valence-corrected chi connectivity index (χ0v) is 11.1. The quantitative estimate of drug-likeness (QED) is 0.612. The predicted molar refractivity (Wildman–Crippen MR) is 74.1 cm³/mol. The molecule has 0 radical (unpaired) electrons. The zero-order chi connectivity index (χ0) is 14.4. The Morgan fingerprint density at radius 1 is 1.43 bits per heavy atom. The van der Waals surface area contributed by atoms with Crippen LogP contribution in [0.4, 0.5) is 4.79 Å². The maximum Gasteiger partial charge on any atom is 0.415 e. The van der Waals surface area contributed by atoms with Crippen LogP contribution in [-0.4, -0.2) is 40.3 Å². The summed E-state index contributed by atoms with van der Waals surface area (Å²) < 4.78 is 5.85. The molecule has 7 nitrogen and oxygen atoms in total. The Kier molecular flexibility index (Phi) is 2.55. The Hall–Kier alpha value is -2.67. The SMILES string of the molecule is O=C(O)N1C=CN2C(=C1)COC1=CC=CC3NCNC2=C13. The molecule has 0 saturated heterocycles. The van der Waals surface area contributed by atoms with E-state index in [0.29, 0.717) is 13.3 Å². The standard InChI is InChI=1S/C14H14N4O3/c19-14(20)17-4-5-18-9(6-17)7-21-11-3-1-2-10-12(11)13(18)16-8-15-10/h1-6,10,15-16H,7-8H2,(H,19,20). The molecule has 1 aliphatic carbocycles. The summed E-state index contributed by atoms with van der Waals surface area (Å²) in [5.41, 5.74) is 1.81. The molecule has 1 amide bonds. The van der Waals surface area contributed by atoms with Crippen molar-refractivity contribution in [1.82, 2.24) is 20.4 Å². The van der Waals surface area contributed by atoms with E-state index in [-0.39, 0.29) is 6.04 Å². The molecule has 0 aromatic carbocycles. The van der Waals surface area contributed by atoms with Crippen molar-refractivity contribution in [3.63, 3.8) is 0 Å². The van der Waals surface area contributed by atoms with Gasteiger partial charge in [-0.15, -0.1) is 0 Å². The summed E-state index contributed by atoms with van der Waals surface area (Å²) in [6.45, 7) is 0.955. The number of nitrogens with one attached hydrogen (secondary N) is 2. The number of rotatable bonds is 0. The van der Waals surface area contributed by atoms with Crippen LogP contribution in [-0.2, 0) is 4.74 Å². The van der Waals surface area contributed by atoms with Crippen LogP contribution < -0.4 is 10.6 Å². The first kappa shape index (κ1) is 12.1. The van der Waals surface area contributed by atoms with Gasteiger partial charge in [-0.2, -0.15) is 0 Å². The average molecular weight is 286 g/mol. The molecule has 3 N–H and O–H groups in total. The summed E-state index contributed by atoms with van der Waals surface area (Å²) in [5, 5.41) is 15.8. The Labute approximate surface area is 121 Å². The van der Waals surface area contributed by atoms with Crippen LogP contribution in [0.15, 0.2) is 59.7 Å². The van der Waals surface area contributed by atoms with Gasteiger partial charge in [0.1, 0.15) is 18.2 Å². The molecule has 3 heterocycles. The first-order valence-electron chi connectivity index (χ1n) is 6.66. The van der Waals surface area contributed by atoms with E-state index < -0.39 is 6.09 Å². The van der Waals surface area contributed by atoms with Gasteiger partial charge in [0.2, 0.25) is 0 Å². The third-order valence-electron chi connectivity index (χ3n) is 3.77. The van der Waals surface area contributed by atoms with Gasteiger partial charge >= 0.3 is 6.09 Å². The summed E-state index contributed by atoms with van der Waals surface area (Å²) in [7, 11) is 0. The molecule has 108 valence electrons. The molecule has 4 aliphatic rings. The number of hydrogen-bond donors (Lipinski definition) is 3. The molecule has 1 atom stereocenters. The minimum Gasteiger partial charge on any atom is -0.487 e. The molecular weight excluding hydrogens is 272 g/mol. The van der Waals surface area contributed by atoms with E-state index >= 15 is 0 Å². The molecule has 21 heavy (non-hydrogen) atoms. The van der Waals surface area contributed by atoms with Gasteiger partial charge < -0.3 is 20.1 Å². The fourth-order valence-electron chi connectivity index (χ4n) is 2.80. The van der Waals surface area contributed by atoms with Gasteiger partial charge in [0, 0.05) is 18.6 Å².